The fourth-order valence-corrected chi connectivity index (χ4v) is 2.59. The van der Waals surface area contributed by atoms with Gasteiger partial charge in [-0.25, -0.2) is 9.67 Å². The van der Waals surface area contributed by atoms with Crippen LogP contribution >= 0.6 is 11.8 Å². The first-order chi connectivity index (χ1) is 6.25. The van der Waals surface area contributed by atoms with Crippen LogP contribution in [0.25, 0.3) is 0 Å². The number of rotatable bonds is 2. The van der Waals surface area contributed by atoms with Crippen LogP contribution in [0, 0.1) is 6.92 Å². The lowest BCUT2D eigenvalue weighted by atomic mass is 10.4. The zero-order valence-corrected chi connectivity index (χ0v) is 8.77. The predicted octanol–water partition coefficient (Wildman–Crippen LogP) is 0.578. The number of aryl methyl sites for hydroxylation is 2. The standard InChI is InChI=1S/C8H14N4S/c1-6-10-8(12(2)11-6)13-7-3-4-9-5-7/h7,9H,3-5H2,1-2H3. The second kappa shape index (κ2) is 3.67. The second-order valence-corrected chi connectivity index (χ2v) is 4.57. The average molecular weight is 198 g/mol. The largest absolute Gasteiger partial charge is 0.316 e. The van der Waals surface area contributed by atoms with E-state index in [0.717, 1.165) is 24.1 Å². The van der Waals surface area contributed by atoms with Gasteiger partial charge in [-0.3, -0.25) is 0 Å². The van der Waals surface area contributed by atoms with Crippen LogP contribution in [0.15, 0.2) is 5.16 Å². The molecular weight excluding hydrogens is 184 g/mol. The number of thioether (sulfide) groups is 1. The lowest BCUT2D eigenvalue weighted by Crippen LogP contribution is -2.10. The van der Waals surface area contributed by atoms with Gasteiger partial charge in [-0.05, 0) is 19.9 Å². The minimum Gasteiger partial charge on any atom is -0.316 e. The van der Waals surface area contributed by atoms with Gasteiger partial charge in [0.1, 0.15) is 5.82 Å². The molecule has 72 valence electrons. The first-order valence-electron chi connectivity index (χ1n) is 4.51. The Balaban J connectivity index is 2.03. The number of nitrogens with one attached hydrogen (secondary N) is 1. The second-order valence-electron chi connectivity index (χ2n) is 3.30. The number of hydrogen-bond acceptors (Lipinski definition) is 4. The summed E-state index contributed by atoms with van der Waals surface area (Å²) >= 11 is 1.83. The molecule has 1 N–H and O–H groups in total. The van der Waals surface area contributed by atoms with Gasteiger partial charge in [0.25, 0.3) is 0 Å². The van der Waals surface area contributed by atoms with Crippen molar-refractivity contribution in [3.63, 3.8) is 0 Å². The highest BCUT2D eigenvalue weighted by Crippen LogP contribution is 2.24. The maximum absolute atomic E-state index is 4.36. The lowest BCUT2D eigenvalue weighted by Gasteiger charge is -2.05. The Morgan fingerprint density at radius 3 is 3.00 bits per heavy atom. The molecule has 5 heteroatoms. The Morgan fingerprint density at radius 1 is 1.62 bits per heavy atom. The summed E-state index contributed by atoms with van der Waals surface area (Å²) in [6.45, 7) is 4.15. The third kappa shape index (κ3) is 2.03. The van der Waals surface area contributed by atoms with Gasteiger partial charge in [0.05, 0.1) is 0 Å². The summed E-state index contributed by atoms with van der Waals surface area (Å²) in [7, 11) is 1.95. The fraction of sp³-hybridized carbons (Fsp3) is 0.750. The molecule has 1 aliphatic heterocycles. The van der Waals surface area contributed by atoms with E-state index in [1.54, 1.807) is 0 Å². The monoisotopic (exact) mass is 198 g/mol. The van der Waals surface area contributed by atoms with Crippen molar-refractivity contribution in [3.8, 4) is 0 Å². The maximum atomic E-state index is 4.36. The van der Waals surface area contributed by atoms with E-state index in [4.69, 9.17) is 0 Å². The van der Waals surface area contributed by atoms with Gasteiger partial charge < -0.3 is 5.32 Å². The SMILES string of the molecule is Cc1nc(SC2CCNC2)n(C)n1. The third-order valence-electron chi connectivity index (χ3n) is 2.12. The lowest BCUT2D eigenvalue weighted by molar-refractivity contribution is 0.680. The molecule has 1 atom stereocenters. The van der Waals surface area contributed by atoms with E-state index in [0.29, 0.717) is 5.25 Å². The van der Waals surface area contributed by atoms with Crippen molar-refractivity contribution in [2.75, 3.05) is 13.1 Å². The van der Waals surface area contributed by atoms with Gasteiger partial charge in [0, 0.05) is 18.8 Å². The van der Waals surface area contributed by atoms with Gasteiger partial charge in [-0.2, -0.15) is 5.10 Å². The molecule has 1 aromatic rings. The van der Waals surface area contributed by atoms with Crippen molar-refractivity contribution >= 4 is 11.8 Å². The van der Waals surface area contributed by atoms with Crippen molar-refractivity contribution < 1.29 is 0 Å². The molecule has 0 radical (unpaired) electrons. The molecule has 0 amide bonds. The van der Waals surface area contributed by atoms with Gasteiger partial charge in [-0.15, -0.1) is 0 Å². The van der Waals surface area contributed by atoms with Crippen LogP contribution in [0.1, 0.15) is 12.2 Å². The fourth-order valence-electron chi connectivity index (χ4n) is 1.47. The summed E-state index contributed by atoms with van der Waals surface area (Å²) in [4.78, 5) is 4.36. The average Bonchev–Trinajstić information content (AvgIpc) is 2.63. The molecule has 0 bridgehead atoms. The highest BCUT2D eigenvalue weighted by molar-refractivity contribution is 7.99. The Morgan fingerprint density at radius 2 is 2.46 bits per heavy atom. The Kier molecular flexibility index (Phi) is 2.55. The molecule has 4 nitrogen and oxygen atoms in total. The molecule has 0 aromatic carbocycles. The van der Waals surface area contributed by atoms with Crippen molar-refractivity contribution in [1.29, 1.82) is 0 Å². The molecule has 13 heavy (non-hydrogen) atoms. The molecular formula is C8H14N4S. The number of nitrogens with zero attached hydrogens (tertiary/aromatic N) is 3. The van der Waals surface area contributed by atoms with Crippen LogP contribution in [0.3, 0.4) is 0 Å². The highest BCUT2D eigenvalue weighted by Gasteiger charge is 2.18. The molecule has 2 rings (SSSR count). The number of aromatic nitrogens is 3. The minimum atomic E-state index is 0.669. The summed E-state index contributed by atoms with van der Waals surface area (Å²) in [5.41, 5.74) is 0. The molecule has 1 saturated heterocycles. The van der Waals surface area contributed by atoms with E-state index in [1.807, 2.05) is 30.4 Å². The summed E-state index contributed by atoms with van der Waals surface area (Å²) in [6, 6.07) is 0. The van der Waals surface area contributed by atoms with Crippen molar-refractivity contribution in [1.82, 2.24) is 20.1 Å². The summed E-state index contributed by atoms with van der Waals surface area (Å²) in [5.74, 6) is 0.857. The van der Waals surface area contributed by atoms with Crippen LogP contribution in [0.2, 0.25) is 0 Å². The molecule has 1 fully saturated rings. The first-order valence-corrected chi connectivity index (χ1v) is 5.38. The van der Waals surface area contributed by atoms with E-state index >= 15 is 0 Å². The Labute approximate surface area is 82.1 Å². The normalized spacial score (nSPS) is 22.5. The molecule has 1 unspecified atom stereocenters. The van der Waals surface area contributed by atoms with E-state index in [9.17, 15) is 0 Å². The van der Waals surface area contributed by atoms with Crippen molar-refractivity contribution in [2.45, 2.75) is 23.8 Å². The first kappa shape index (κ1) is 9.02. The topological polar surface area (TPSA) is 42.7 Å². The highest BCUT2D eigenvalue weighted by atomic mass is 32.2. The van der Waals surface area contributed by atoms with Crippen LogP contribution in [0.4, 0.5) is 0 Å². The van der Waals surface area contributed by atoms with E-state index < -0.39 is 0 Å². The van der Waals surface area contributed by atoms with Crippen LogP contribution < -0.4 is 5.32 Å². The third-order valence-corrected chi connectivity index (χ3v) is 3.42. The van der Waals surface area contributed by atoms with E-state index in [2.05, 4.69) is 15.4 Å². The molecule has 0 aliphatic carbocycles. The minimum absolute atomic E-state index is 0.669. The quantitative estimate of drug-likeness (QED) is 0.755. The molecule has 2 heterocycles. The van der Waals surface area contributed by atoms with Gasteiger partial charge in [0.2, 0.25) is 0 Å². The van der Waals surface area contributed by atoms with Crippen LogP contribution in [0.5, 0.6) is 0 Å². The van der Waals surface area contributed by atoms with E-state index in [1.165, 1.54) is 6.42 Å². The predicted molar refractivity (Wildman–Crippen MR) is 52.9 cm³/mol. The summed E-state index contributed by atoms with van der Waals surface area (Å²) in [5, 5.41) is 9.26. The van der Waals surface area contributed by atoms with Gasteiger partial charge in [-0.1, -0.05) is 11.8 Å². The molecule has 1 aromatic heterocycles. The smallest absolute Gasteiger partial charge is 0.186 e. The van der Waals surface area contributed by atoms with Crippen LogP contribution in [-0.4, -0.2) is 33.1 Å². The Hall–Kier alpha value is -0.550. The van der Waals surface area contributed by atoms with Crippen LogP contribution in [-0.2, 0) is 7.05 Å². The summed E-state index contributed by atoms with van der Waals surface area (Å²) in [6.07, 6.45) is 1.23. The number of hydrogen-bond donors (Lipinski definition) is 1. The summed E-state index contributed by atoms with van der Waals surface area (Å²) < 4.78 is 1.86. The van der Waals surface area contributed by atoms with Gasteiger partial charge >= 0.3 is 0 Å². The van der Waals surface area contributed by atoms with Crippen molar-refractivity contribution in [3.05, 3.63) is 5.82 Å². The maximum Gasteiger partial charge on any atom is 0.186 e. The zero-order valence-electron chi connectivity index (χ0n) is 7.95. The zero-order chi connectivity index (χ0) is 9.26. The molecule has 0 spiro atoms. The Bertz CT molecular complexity index is 290. The van der Waals surface area contributed by atoms with E-state index in [-0.39, 0.29) is 0 Å². The molecule has 0 saturated carbocycles. The van der Waals surface area contributed by atoms with Crippen molar-refractivity contribution in [2.24, 2.45) is 7.05 Å². The molecule has 1 aliphatic rings. The van der Waals surface area contributed by atoms with Gasteiger partial charge in [0.15, 0.2) is 5.16 Å².